The fraction of sp³-hybridized carbons (Fsp3) is 0.935. The van der Waals surface area contributed by atoms with Crippen molar-refractivity contribution in [3.63, 3.8) is 0 Å². The largest absolute Gasteiger partial charge is 0.472 e. The molecule has 0 spiro atoms. The number of aliphatic hydroxyl groups excluding tert-OH is 1. The van der Waals surface area contributed by atoms with Crippen LogP contribution >= 0.6 is 7.82 Å². The van der Waals surface area contributed by atoms with Gasteiger partial charge in [0.15, 0.2) is 0 Å². The summed E-state index contributed by atoms with van der Waals surface area (Å²) in [6.07, 6.45) is 48.4. The number of unbranched alkanes of at least 4 members (excludes halogenated alkanes) is 33. The maximum absolute atomic E-state index is 12.8. The van der Waals surface area contributed by atoms with E-state index in [9.17, 15) is 19.4 Å². The van der Waals surface area contributed by atoms with E-state index in [4.69, 9.17) is 14.8 Å². The minimum absolute atomic E-state index is 0.0815. The van der Waals surface area contributed by atoms with E-state index in [1.807, 2.05) is 6.08 Å². The molecule has 328 valence electrons. The quantitative estimate of drug-likeness (QED) is 0.0274. The first-order valence-electron chi connectivity index (χ1n) is 23.8. The molecule has 0 bridgehead atoms. The lowest BCUT2D eigenvalue weighted by Gasteiger charge is -2.23. The van der Waals surface area contributed by atoms with Crippen LogP contribution in [-0.2, 0) is 18.4 Å². The minimum atomic E-state index is -4.33. The molecule has 0 aromatic carbocycles. The minimum Gasteiger partial charge on any atom is -0.387 e. The van der Waals surface area contributed by atoms with Crippen molar-refractivity contribution in [1.29, 1.82) is 0 Å². The Morgan fingerprint density at radius 2 is 0.927 bits per heavy atom. The molecule has 1 amide bonds. The Bertz CT molecular complexity index is 875. The third-order valence-electron chi connectivity index (χ3n) is 10.9. The average molecular weight is 801 g/mol. The number of amides is 1. The van der Waals surface area contributed by atoms with Crippen LogP contribution in [0.2, 0.25) is 0 Å². The van der Waals surface area contributed by atoms with Gasteiger partial charge in [-0.25, -0.2) is 4.57 Å². The Morgan fingerprint density at radius 3 is 1.29 bits per heavy atom. The fourth-order valence-electron chi connectivity index (χ4n) is 7.25. The predicted molar refractivity (Wildman–Crippen MR) is 235 cm³/mol. The topological polar surface area (TPSA) is 131 Å². The van der Waals surface area contributed by atoms with Gasteiger partial charge < -0.3 is 21.1 Å². The Labute approximate surface area is 341 Å². The summed E-state index contributed by atoms with van der Waals surface area (Å²) >= 11 is 0. The molecule has 0 aromatic rings. The molecule has 55 heavy (non-hydrogen) atoms. The number of nitrogens with two attached hydrogens (primary N) is 1. The number of hydrogen-bond donors (Lipinski definition) is 4. The molecule has 8 nitrogen and oxygen atoms in total. The van der Waals surface area contributed by atoms with Gasteiger partial charge in [-0.2, -0.15) is 0 Å². The van der Waals surface area contributed by atoms with Gasteiger partial charge in [0, 0.05) is 13.0 Å². The lowest BCUT2D eigenvalue weighted by molar-refractivity contribution is -0.123. The van der Waals surface area contributed by atoms with E-state index in [1.165, 1.54) is 186 Å². The summed E-state index contributed by atoms with van der Waals surface area (Å²) < 4.78 is 22.2. The summed E-state index contributed by atoms with van der Waals surface area (Å²) in [6, 6.07) is -0.854. The molecular weight excluding hydrogens is 707 g/mol. The van der Waals surface area contributed by atoms with E-state index in [-0.39, 0.29) is 25.7 Å². The van der Waals surface area contributed by atoms with Gasteiger partial charge in [0.05, 0.1) is 25.4 Å². The van der Waals surface area contributed by atoms with Crippen molar-refractivity contribution in [2.75, 3.05) is 19.8 Å². The number of phosphoric ester groups is 1. The zero-order chi connectivity index (χ0) is 40.3. The number of nitrogens with one attached hydrogen (secondary N) is 1. The van der Waals surface area contributed by atoms with E-state index in [0.29, 0.717) is 6.42 Å². The third kappa shape index (κ3) is 41.2. The molecule has 0 aliphatic carbocycles. The monoisotopic (exact) mass is 801 g/mol. The number of carbonyl (C=O) groups excluding carboxylic acids is 1. The van der Waals surface area contributed by atoms with Gasteiger partial charge in [-0.15, -0.1) is 0 Å². The highest BCUT2D eigenvalue weighted by Gasteiger charge is 2.26. The highest BCUT2D eigenvalue weighted by molar-refractivity contribution is 7.47. The molecule has 1 unspecified atom stereocenters. The summed E-state index contributed by atoms with van der Waals surface area (Å²) in [6.45, 7) is 4.17. The molecule has 0 saturated heterocycles. The molecule has 0 rings (SSSR count). The first-order chi connectivity index (χ1) is 26.9. The molecule has 9 heteroatoms. The van der Waals surface area contributed by atoms with Crippen LogP contribution in [0.25, 0.3) is 0 Å². The number of aliphatic hydroxyl groups is 1. The number of carbonyl (C=O) groups is 1. The predicted octanol–water partition coefficient (Wildman–Crippen LogP) is 13.6. The molecular formula is C46H93N2O6P. The van der Waals surface area contributed by atoms with Crippen LogP contribution in [0.4, 0.5) is 0 Å². The first-order valence-corrected chi connectivity index (χ1v) is 25.3. The van der Waals surface area contributed by atoms with E-state index >= 15 is 0 Å². The molecule has 0 aliphatic heterocycles. The summed E-state index contributed by atoms with van der Waals surface area (Å²) in [5, 5.41) is 13.7. The molecule has 0 aliphatic rings. The van der Waals surface area contributed by atoms with Crippen LogP contribution in [0, 0.1) is 0 Å². The fourth-order valence-corrected chi connectivity index (χ4v) is 8.01. The van der Waals surface area contributed by atoms with E-state index in [2.05, 4.69) is 19.2 Å². The molecule has 5 N–H and O–H groups in total. The maximum Gasteiger partial charge on any atom is 0.472 e. The van der Waals surface area contributed by atoms with Crippen LogP contribution in [0.15, 0.2) is 12.2 Å². The summed E-state index contributed by atoms with van der Waals surface area (Å²) in [7, 11) is -4.33. The number of allylic oxidation sites excluding steroid dienone is 1. The standard InChI is InChI=1S/C46H93N2O6P/c1-3-5-7-9-11-13-15-17-19-20-21-22-23-24-26-28-30-32-34-36-38-40-46(50)48-44(43-54-55(51,52)53-42-41-47)45(49)39-37-35-33-31-29-27-25-18-16-14-12-10-8-6-4-2/h37,39,44-45,49H,3-36,38,40-43,47H2,1-2H3,(H,48,50)(H,51,52)/b39-37+/t44-,45+/m0/s1. The maximum atomic E-state index is 12.8. The molecule has 0 saturated carbocycles. The van der Waals surface area contributed by atoms with E-state index in [1.54, 1.807) is 6.08 Å². The lowest BCUT2D eigenvalue weighted by atomic mass is 10.0. The Balaban J connectivity index is 4.08. The second-order valence-electron chi connectivity index (χ2n) is 16.3. The highest BCUT2D eigenvalue weighted by Crippen LogP contribution is 2.43. The van der Waals surface area contributed by atoms with Gasteiger partial charge in [-0.1, -0.05) is 231 Å². The SMILES string of the molecule is CCCCCCCCCCCCCCC/C=C/[C@@H](O)[C@H](COP(=O)(O)OCCN)NC(=O)CCCCCCCCCCCCCCCCCCCCCCC. The van der Waals surface area contributed by atoms with Crippen molar-refractivity contribution in [1.82, 2.24) is 5.32 Å². The number of phosphoric acid groups is 1. The van der Waals surface area contributed by atoms with Gasteiger partial charge in [0.1, 0.15) is 0 Å². The molecule has 0 fully saturated rings. The first kappa shape index (κ1) is 54.2. The van der Waals surface area contributed by atoms with Gasteiger partial charge in [0.2, 0.25) is 5.91 Å². The van der Waals surface area contributed by atoms with Crippen LogP contribution in [0.1, 0.15) is 245 Å². The van der Waals surface area contributed by atoms with Gasteiger partial charge in [-0.05, 0) is 19.3 Å². The van der Waals surface area contributed by atoms with Crippen LogP contribution in [0.5, 0.6) is 0 Å². The molecule has 0 aromatic heterocycles. The second kappa shape index (κ2) is 42.8. The van der Waals surface area contributed by atoms with Crippen molar-refractivity contribution < 1.29 is 28.4 Å². The summed E-state index contributed by atoms with van der Waals surface area (Å²) in [4.78, 5) is 22.7. The zero-order valence-electron chi connectivity index (χ0n) is 36.4. The Hall–Kier alpha value is -0.760. The van der Waals surface area contributed by atoms with Gasteiger partial charge in [-0.3, -0.25) is 13.8 Å². The van der Waals surface area contributed by atoms with Crippen molar-refractivity contribution in [2.24, 2.45) is 5.73 Å². The average Bonchev–Trinajstić information content (AvgIpc) is 3.17. The molecule has 0 heterocycles. The van der Waals surface area contributed by atoms with Crippen LogP contribution in [-0.4, -0.2) is 47.8 Å². The lowest BCUT2D eigenvalue weighted by Crippen LogP contribution is -2.45. The Morgan fingerprint density at radius 1 is 0.582 bits per heavy atom. The Kier molecular flexibility index (Phi) is 42.2. The number of rotatable bonds is 45. The van der Waals surface area contributed by atoms with Crippen LogP contribution < -0.4 is 11.1 Å². The third-order valence-corrected chi connectivity index (χ3v) is 11.8. The molecule has 0 radical (unpaired) electrons. The second-order valence-corrected chi connectivity index (χ2v) is 17.8. The normalized spacial score (nSPS) is 14.1. The van der Waals surface area contributed by atoms with Gasteiger partial charge in [0.25, 0.3) is 0 Å². The van der Waals surface area contributed by atoms with Crippen molar-refractivity contribution in [3.8, 4) is 0 Å². The van der Waals surface area contributed by atoms with E-state index < -0.39 is 20.0 Å². The molecule has 3 atom stereocenters. The number of hydrogen-bond acceptors (Lipinski definition) is 6. The zero-order valence-corrected chi connectivity index (χ0v) is 37.3. The van der Waals surface area contributed by atoms with Crippen LogP contribution in [0.3, 0.4) is 0 Å². The smallest absolute Gasteiger partial charge is 0.387 e. The van der Waals surface area contributed by atoms with Gasteiger partial charge >= 0.3 is 7.82 Å². The highest BCUT2D eigenvalue weighted by atomic mass is 31.2. The van der Waals surface area contributed by atoms with E-state index in [0.717, 1.165) is 38.5 Å². The summed E-state index contributed by atoms with van der Waals surface area (Å²) in [5.41, 5.74) is 5.38. The van der Waals surface area contributed by atoms with Crippen molar-refractivity contribution in [2.45, 2.75) is 257 Å². The van der Waals surface area contributed by atoms with Crippen molar-refractivity contribution >= 4 is 13.7 Å². The summed E-state index contributed by atoms with van der Waals surface area (Å²) in [5.74, 6) is -0.189. The van der Waals surface area contributed by atoms with Crippen molar-refractivity contribution in [3.05, 3.63) is 12.2 Å².